The van der Waals surface area contributed by atoms with Crippen LogP contribution >= 0.6 is 0 Å². The fourth-order valence-electron chi connectivity index (χ4n) is 3.61. The molecule has 2 N–H and O–H groups in total. The van der Waals surface area contributed by atoms with Crippen molar-refractivity contribution in [2.45, 2.75) is 19.9 Å². The Balaban J connectivity index is 1.55. The molecule has 4 aromatic rings. The molecule has 7 nitrogen and oxygen atoms in total. The van der Waals surface area contributed by atoms with Crippen LogP contribution in [0.5, 0.6) is 5.75 Å². The van der Waals surface area contributed by atoms with Gasteiger partial charge in [0.05, 0.1) is 11.7 Å². The van der Waals surface area contributed by atoms with E-state index >= 15 is 0 Å². The van der Waals surface area contributed by atoms with Crippen LogP contribution in [0, 0.1) is 6.92 Å². The lowest BCUT2D eigenvalue weighted by Crippen LogP contribution is -2.24. The maximum Gasteiger partial charge on any atom is 0.257 e. The summed E-state index contributed by atoms with van der Waals surface area (Å²) < 4.78 is 7.67. The second kappa shape index (κ2) is 9.09. The fourth-order valence-corrected chi connectivity index (χ4v) is 3.61. The third-order valence-electron chi connectivity index (χ3n) is 5.39. The summed E-state index contributed by atoms with van der Waals surface area (Å²) in [5.41, 5.74) is 4.11. The second-order valence-electron chi connectivity index (χ2n) is 7.79. The standard InChI is InChI=1S/C25H27N5O2/c1-16(19-6-5-7-21(12-19)32-15-25(31)26-3)27-24-14-22(28-17(2)29-24)20-9-8-18-10-11-30(4)23(18)13-20/h5-14,16H,15H2,1-4H3,(H,26,31)(H,27,28,29). The molecule has 2 heterocycles. The molecule has 7 heteroatoms. The van der Waals surface area contributed by atoms with Crippen molar-refractivity contribution in [1.82, 2.24) is 19.9 Å². The first-order valence-electron chi connectivity index (χ1n) is 10.5. The topological polar surface area (TPSA) is 81.1 Å². The van der Waals surface area contributed by atoms with Gasteiger partial charge in [0.1, 0.15) is 17.4 Å². The molecule has 32 heavy (non-hydrogen) atoms. The van der Waals surface area contributed by atoms with Crippen molar-refractivity contribution in [1.29, 1.82) is 0 Å². The Bertz CT molecular complexity index is 1260. The van der Waals surface area contributed by atoms with Crippen molar-refractivity contribution in [2.24, 2.45) is 7.05 Å². The van der Waals surface area contributed by atoms with Gasteiger partial charge in [-0.15, -0.1) is 0 Å². The molecule has 0 saturated heterocycles. The fraction of sp³-hybridized carbons (Fsp3) is 0.240. The summed E-state index contributed by atoms with van der Waals surface area (Å²) in [7, 11) is 3.63. The van der Waals surface area contributed by atoms with Crippen molar-refractivity contribution < 1.29 is 9.53 Å². The number of nitrogens with one attached hydrogen (secondary N) is 2. The first-order valence-corrected chi connectivity index (χ1v) is 10.5. The Kier molecular flexibility index (Phi) is 6.07. The number of fused-ring (bicyclic) bond motifs is 1. The van der Waals surface area contributed by atoms with Crippen LogP contribution in [0.4, 0.5) is 5.82 Å². The summed E-state index contributed by atoms with van der Waals surface area (Å²) in [6.45, 7) is 3.94. The van der Waals surface area contributed by atoms with Crippen molar-refractivity contribution in [3.63, 3.8) is 0 Å². The minimum Gasteiger partial charge on any atom is -0.484 e. The number of anilines is 1. The predicted molar refractivity (Wildman–Crippen MR) is 127 cm³/mol. The largest absolute Gasteiger partial charge is 0.484 e. The van der Waals surface area contributed by atoms with Crippen molar-refractivity contribution in [2.75, 3.05) is 19.0 Å². The Hall–Kier alpha value is -3.87. The lowest BCUT2D eigenvalue weighted by Gasteiger charge is -2.17. The van der Waals surface area contributed by atoms with Crippen LogP contribution in [0.2, 0.25) is 0 Å². The quantitative estimate of drug-likeness (QED) is 0.459. The molecule has 1 atom stereocenters. The Labute approximate surface area is 187 Å². The van der Waals surface area contributed by atoms with E-state index in [-0.39, 0.29) is 18.6 Å². The van der Waals surface area contributed by atoms with Crippen molar-refractivity contribution in [3.05, 3.63) is 72.2 Å². The van der Waals surface area contributed by atoms with Gasteiger partial charge >= 0.3 is 0 Å². The van der Waals surface area contributed by atoms with Crippen LogP contribution in [0.15, 0.2) is 60.8 Å². The predicted octanol–water partition coefficient (Wildman–Crippen LogP) is 4.24. The van der Waals surface area contributed by atoms with Crippen molar-refractivity contribution in [3.8, 4) is 17.0 Å². The highest BCUT2D eigenvalue weighted by molar-refractivity contribution is 5.85. The molecular formula is C25H27N5O2. The average Bonchev–Trinajstić information content (AvgIpc) is 3.17. The normalized spacial score (nSPS) is 11.9. The van der Waals surface area contributed by atoms with E-state index in [1.54, 1.807) is 7.05 Å². The number of rotatable bonds is 7. The van der Waals surface area contributed by atoms with Gasteiger partial charge in [-0.25, -0.2) is 9.97 Å². The first kappa shape index (κ1) is 21.4. The zero-order valence-electron chi connectivity index (χ0n) is 18.7. The maximum absolute atomic E-state index is 11.4. The lowest BCUT2D eigenvalue weighted by atomic mass is 10.1. The summed E-state index contributed by atoms with van der Waals surface area (Å²) in [5, 5.41) is 7.21. The van der Waals surface area contributed by atoms with Gasteiger partial charge in [0.15, 0.2) is 6.61 Å². The van der Waals surface area contributed by atoms with Gasteiger partial charge in [0.2, 0.25) is 0 Å². The van der Waals surface area contributed by atoms with Crippen LogP contribution in [-0.2, 0) is 11.8 Å². The number of aromatic nitrogens is 3. The number of hydrogen-bond acceptors (Lipinski definition) is 5. The molecule has 164 valence electrons. The minimum absolute atomic E-state index is 0.0122. The molecule has 0 aliphatic carbocycles. The minimum atomic E-state index is -0.168. The molecule has 0 fully saturated rings. The number of hydrogen-bond donors (Lipinski definition) is 2. The van der Waals surface area contributed by atoms with Crippen LogP contribution in [0.1, 0.15) is 24.4 Å². The summed E-state index contributed by atoms with van der Waals surface area (Å²) in [5.74, 6) is 1.93. The van der Waals surface area contributed by atoms with E-state index in [4.69, 9.17) is 4.74 Å². The Morgan fingerprint density at radius 2 is 1.97 bits per heavy atom. The van der Waals surface area contributed by atoms with Gasteiger partial charge in [-0.3, -0.25) is 4.79 Å². The van der Waals surface area contributed by atoms with E-state index < -0.39 is 0 Å². The van der Waals surface area contributed by atoms with Crippen LogP contribution in [0.3, 0.4) is 0 Å². The highest BCUT2D eigenvalue weighted by Crippen LogP contribution is 2.27. The van der Waals surface area contributed by atoms with Gasteiger partial charge in [0.25, 0.3) is 5.91 Å². The number of carbonyl (C=O) groups is 1. The zero-order valence-corrected chi connectivity index (χ0v) is 18.7. The molecule has 0 aliphatic rings. The van der Waals surface area contributed by atoms with E-state index in [1.807, 2.05) is 44.3 Å². The molecule has 0 bridgehead atoms. The Morgan fingerprint density at radius 1 is 1.12 bits per heavy atom. The van der Waals surface area contributed by atoms with Crippen LogP contribution in [0.25, 0.3) is 22.2 Å². The monoisotopic (exact) mass is 429 g/mol. The molecule has 0 spiro atoms. The van der Waals surface area contributed by atoms with E-state index in [0.29, 0.717) is 11.6 Å². The van der Waals surface area contributed by atoms with Gasteiger partial charge in [-0.2, -0.15) is 0 Å². The zero-order chi connectivity index (χ0) is 22.7. The highest BCUT2D eigenvalue weighted by atomic mass is 16.5. The number of benzene rings is 2. The second-order valence-corrected chi connectivity index (χ2v) is 7.79. The number of ether oxygens (including phenoxy) is 1. The summed E-state index contributed by atoms with van der Waals surface area (Å²) in [6.07, 6.45) is 2.06. The molecule has 0 saturated carbocycles. The van der Waals surface area contributed by atoms with E-state index in [2.05, 4.69) is 62.6 Å². The lowest BCUT2D eigenvalue weighted by molar-refractivity contribution is -0.122. The van der Waals surface area contributed by atoms with Gasteiger partial charge in [-0.1, -0.05) is 24.3 Å². The van der Waals surface area contributed by atoms with Gasteiger partial charge < -0.3 is 19.9 Å². The molecule has 0 aliphatic heterocycles. The maximum atomic E-state index is 11.4. The highest BCUT2D eigenvalue weighted by Gasteiger charge is 2.11. The third-order valence-corrected chi connectivity index (χ3v) is 5.39. The number of carbonyl (C=O) groups excluding carboxylic acids is 1. The number of aryl methyl sites for hydroxylation is 2. The van der Waals surface area contributed by atoms with Gasteiger partial charge in [0, 0.05) is 37.4 Å². The molecular weight excluding hydrogens is 402 g/mol. The molecule has 4 rings (SSSR count). The molecule has 0 radical (unpaired) electrons. The first-order chi connectivity index (χ1) is 15.4. The van der Waals surface area contributed by atoms with E-state index in [9.17, 15) is 4.79 Å². The number of nitrogens with zero attached hydrogens (tertiary/aromatic N) is 3. The van der Waals surface area contributed by atoms with Gasteiger partial charge in [-0.05, 0) is 49.1 Å². The molecule has 2 aromatic heterocycles. The number of likely N-dealkylation sites (N-methyl/N-ethyl adjacent to an activating group) is 1. The summed E-state index contributed by atoms with van der Waals surface area (Å²) in [6, 6.07) is 18.1. The van der Waals surface area contributed by atoms with Crippen molar-refractivity contribution >= 4 is 22.6 Å². The van der Waals surface area contributed by atoms with E-state index in [0.717, 1.165) is 28.2 Å². The molecule has 1 amide bonds. The molecule has 2 aromatic carbocycles. The summed E-state index contributed by atoms with van der Waals surface area (Å²) in [4.78, 5) is 20.7. The number of amides is 1. The van der Waals surface area contributed by atoms with Crippen LogP contribution < -0.4 is 15.4 Å². The summed E-state index contributed by atoms with van der Waals surface area (Å²) >= 11 is 0. The molecule has 1 unspecified atom stereocenters. The smallest absolute Gasteiger partial charge is 0.257 e. The van der Waals surface area contributed by atoms with E-state index in [1.165, 1.54) is 5.39 Å². The Morgan fingerprint density at radius 3 is 2.78 bits per heavy atom. The average molecular weight is 430 g/mol. The SMILES string of the molecule is CNC(=O)COc1cccc(C(C)Nc2cc(-c3ccc4ccn(C)c4c3)nc(C)n2)c1. The third kappa shape index (κ3) is 4.72. The van der Waals surface area contributed by atoms with Crippen LogP contribution in [-0.4, -0.2) is 34.1 Å².